The van der Waals surface area contributed by atoms with Crippen LogP contribution in [0.4, 0.5) is 0 Å². The predicted octanol–water partition coefficient (Wildman–Crippen LogP) is 2.40. The molecule has 0 spiro atoms. The van der Waals surface area contributed by atoms with Crippen molar-refractivity contribution in [2.75, 3.05) is 13.2 Å². The Labute approximate surface area is 112 Å². The fourth-order valence-corrected chi connectivity index (χ4v) is 3.20. The minimum absolute atomic E-state index is 0.0427. The first-order chi connectivity index (χ1) is 8.17. The Morgan fingerprint density at radius 3 is 2.33 bits per heavy atom. The molecule has 106 valence electrons. The van der Waals surface area contributed by atoms with Crippen LogP contribution in [0.1, 0.15) is 54.4 Å². The third-order valence-electron chi connectivity index (χ3n) is 4.11. The van der Waals surface area contributed by atoms with E-state index in [-0.39, 0.29) is 11.1 Å². The molecule has 1 N–H and O–H groups in total. The standard InChI is InChI=1S/C15H30N2O/c1-14(2,3)17-9-11-7-8-12(16-11)13(17)10-18-15(4,5)6/h11-13,16H,7-10H2,1-6H3/t11-,12+,13+/m1/s1. The molecule has 0 aromatic carbocycles. The molecule has 0 aliphatic carbocycles. The van der Waals surface area contributed by atoms with Gasteiger partial charge in [0.1, 0.15) is 0 Å². The lowest BCUT2D eigenvalue weighted by molar-refractivity contribution is -0.0686. The molecule has 3 heteroatoms. The van der Waals surface area contributed by atoms with E-state index in [1.165, 1.54) is 12.8 Å². The summed E-state index contributed by atoms with van der Waals surface area (Å²) in [5.41, 5.74) is 0.188. The van der Waals surface area contributed by atoms with Gasteiger partial charge < -0.3 is 10.1 Å². The fraction of sp³-hybridized carbons (Fsp3) is 1.00. The van der Waals surface area contributed by atoms with Crippen LogP contribution in [-0.4, -0.2) is 47.3 Å². The lowest BCUT2D eigenvalue weighted by atomic mass is 9.97. The number of hydrogen-bond donors (Lipinski definition) is 1. The molecule has 0 unspecified atom stereocenters. The molecule has 2 bridgehead atoms. The molecule has 3 nitrogen and oxygen atoms in total. The minimum Gasteiger partial charge on any atom is -0.374 e. The second-order valence-electron chi connectivity index (χ2n) is 7.86. The van der Waals surface area contributed by atoms with Gasteiger partial charge >= 0.3 is 0 Å². The quantitative estimate of drug-likeness (QED) is 0.819. The highest BCUT2D eigenvalue weighted by Gasteiger charge is 2.44. The van der Waals surface area contributed by atoms with Crippen molar-refractivity contribution in [3.63, 3.8) is 0 Å². The summed E-state index contributed by atoms with van der Waals surface area (Å²) in [5.74, 6) is 0. The van der Waals surface area contributed by atoms with Gasteiger partial charge in [0.2, 0.25) is 0 Å². The SMILES string of the molecule is CC(C)(C)OC[C@H]1[C@@H]2CC[C@H](CN1C(C)(C)C)N2. The van der Waals surface area contributed by atoms with E-state index < -0.39 is 0 Å². The van der Waals surface area contributed by atoms with E-state index in [1.54, 1.807) is 0 Å². The van der Waals surface area contributed by atoms with E-state index in [1.807, 2.05) is 0 Å². The maximum atomic E-state index is 6.06. The van der Waals surface area contributed by atoms with Crippen molar-refractivity contribution in [1.29, 1.82) is 0 Å². The number of rotatable bonds is 2. The molecule has 0 saturated carbocycles. The Morgan fingerprint density at radius 2 is 1.78 bits per heavy atom. The topological polar surface area (TPSA) is 24.5 Å². The normalized spacial score (nSPS) is 34.0. The van der Waals surface area contributed by atoms with Crippen molar-refractivity contribution in [1.82, 2.24) is 10.2 Å². The van der Waals surface area contributed by atoms with Gasteiger partial charge in [0.25, 0.3) is 0 Å². The van der Waals surface area contributed by atoms with E-state index in [4.69, 9.17) is 4.74 Å². The number of fused-ring (bicyclic) bond motifs is 2. The monoisotopic (exact) mass is 254 g/mol. The largest absolute Gasteiger partial charge is 0.374 e. The number of hydrogen-bond acceptors (Lipinski definition) is 3. The highest BCUT2D eigenvalue weighted by Crippen LogP contribution is 2.31. The van der Waals surface area contributed by atoms with Crippen molar-refractivity contribution in [2.24, 2.45) is 0 Å². The fourth-order valence-electron chi connectivity index (χ4n) is 3.20. The van der Waals surface area contributed by atoms with Gasteiger partial charge in [0, 0.05) is 30.2 Å². The molecule has 2 heterocycles. The lowest BCUT2D eigenvalue weighted by Gasteiger charge is -2.48. The summed E-state index contributed by atoms with van der Waals surface area (Å²) in [6, 6.07) is 1.83. The number of ether oxygens (including phenoxy) is 1. The molecule has 2 aliphatic rings. The molecule has 2 aliphatic heterocycles. The zero-order chi connectivity index (χ0) is 13.6. The van der Waals surface area contributed by atoms with Crippen molar-refractivity contribution in [3.8, 4) is 0 Å². The first-order valence-electron chi connectivity index (χ1n) is 7.33. The van der Waals surface area contributed by atoms with Crippen LogP contribution in [0.15, 0.2) is 0 Å². The summed E-state index contributed by atoms with van der Waals surface area (Å²) in [6.07, 6.45) is 2.62. The van der Waals surface area contributed by atoms with E-state index >= 15 is 0 Å². The number of nitrogens with zero attached hydrogens (tertiary/aromatic N) is 1. The summed E-state index contributed by atoms with van der Waals surface area (Å²) in [7, 11) is 0. The summed E-state index contributed by atoms with van der Waals surface area (Å²) >= 11 is 0. The van der Waals surface area contributed by atoms with Gasteiger partial charge in [-0.25, -0.2) is 0 Å². The molecule has 0 radical (unpaired) electrons. The second-order valence-corrected chi connectivity index (χ2v) is 7.86. The highest BCUT2D eigenvalue weighted by atomic mass is 16.5. The average Bonchev–Trinajstić information content (AvgIpc) is 2.56. The molecule has 18 heavy (non-hydrogen) atoms. The van der Waals surface area contributed by atoms with Gasteiger partial charge in [-0.15, -0.1) is 0 Å². The van der Waals surface area contributed by atoms with Crippen LogP contribution in [0.5, 0.6) is 0 Å². The number of likely N-dealkylation sites (tertiary alicyclic amines) is 1. The van der Waals surface area contributed by atoms with Crippen molar-refractivity contribution in [3.05, 3.63) is 0 Å². The zero-order valence-corrected chi connectivity index (χ0v) is 12.9. The van der Waals surface area contributed by atoms with Crippen LogP contribution in [0, 0.1) is 0 Å². The van der Waals surface area contributed by atoms with E-state index in [9.17, 15) is 0 Å². The van der Waals surface area contributed by atoms with Gasteiger partial charge in [-0.05, 0) is 54.4 Å². The Balaban J connectivity index is 2.07. The van der Waals surface area contributed by atoms with E-state index in [0.29, 0.717) is 18.1 Å². The summed E-state index contributed by atoms with van der Waals surface area (Å²) in [5, 5.41) is 3.76. The maximum absolute atomic E-state index is 6.06. The van der Waals surface area contributed by atoms with Crippen molar-refractivity contribution >= 4 is 0 Å². The van der Waals surface area contributed by atoms with Crippen LogP contribution >= 0.6 is 0 Å². The van der Waals surface area contributed by atoms with E-state index in [2.05, 4.69) is 51.8 Å². The Bertz CT molecular complexity index is 290. The van der Waals surface area contributed by atoms with Crippen LogP contribution < -0.4 is 5.32 Å². The van der Waals surface area contributed by atoms with Crippen LogP contribution in [0.25, 0.3) is 0 Å². The van der Waals surface area contributed by atoms with Gasteiger partial charge in [0.15, 0.2) is 0 Å². The molecular weight excluding hydrogens is 224 g/mol. The molecule has 0 aromatic heterocycles. The van der Waals surface area contributed by atoms with Gasteiger partial charge in [-0.2, -0.15) is 0 Å². The molecule has 0 amide bonds. The van der Waals surface area contributed by atoms with Gasteiger partial charge in [-0.1, -0.05) is 0 Å². The maximum Gasteiger partial charge on any atom is 0.0644 e. The minimum atomic E-state index is -0.0427. The third kappa shape index (κ3) is 3.25. The van der Waals surface area contributed by atoms with Crippen molar-refractivity contribution in [2.45, 2.75) is 83.6 Å². The van der Waals surface area contributed by atoms with Crippen LogP contribution in [0.3, 0.4) is 0 Å². The highest BCUT2D eigenvalue weighted by molar-refractivity contribution is 5.02. The first kappa shape index (κ1) is 14.3. The van der Waals surface area contributed by atoms with E-state index in [0.717, 1.165) is 13.2 Å². The van der Waals surface area contributed by atoms with Gasteiger partial charge in [-0.3, -0.25) is 4.90 Å². The zero-order valence-electron chi connectivity index (χ0n) is 12.9. The smallest absolute Gasteiger partial charge is 0.0644 e. The van der Waals surface area contributed by atoms with Crippen LogP contribution in [0.2, 0.25) is 0 Å². The first-order valence-corrected chi connectivity index (χ1v) is 7.33. The summed E-state index contributed by atoms with van der Waals surface area (Å²) in [4.78, 5) is 2.65. The van der Waals surface area contributed by atoms with Crippen molar-refractivity contribution < 1.29 is 4.74 Å². The molecule has 2 saturated heterocycles. The number of nitrogens with one attached hydrogen (secondary N) is 1. The lowest BCUT2D eigenvalue weighted by Crippen LogP contribution is -2.64. The molecule has 3 atom stereocenters. The second kappa shape index (κ2) is 4.77. The third-order valence-corrected chi connectivity index (χ3v) is 4.11. The summed E-state index contributed by atoms with van der Waals surface area (Å²) in [6.45, 7) is 15.4. The summed E-state index contributed by atoms with van der Waals surface area (Å²) < 4.78 is 6.06. The number of piperazine rings is 1. The Kier molecular flexibility index (Phi) is 3.79. The molecule has 2 rings (SSSR count). The Morgan fingerprint density at radius 1 is 1.11 bits per heavy atom. The molecular formula is C15H30N2O. The van der Waals surface area contributed by atoms with Gasteiger partial charge in [0.05, 0.1) is 12.2 Å². The average molecular weight is 254 g/mol. The Hall–Kier alpha value is -0.120. The predicted molar refractivity (Wildman–Crippen MR) is 75.9 cm³/mol. The molecule has 0 aromatic rings. The molecule has 2 fully saturated rings. The van der Waals surface area contributed by atoms with Crippen LogP contribution in [-0.2, 0) is 4.74 Å².